The second kappa shape index (κ2) is 7.49. The van der Waals surface area contributed by atoms with E-state index < -0.39 is 29.5 Å². The van der Waals surface area contributed by atoms with Crippen LogP contribution in [-0.4, -0.2) is 17.9 Å². The van der Waals surface area contributed by atoms with Crippen molar-refractivity contribution in [3.8, 4) is 0 Å². The lowest BCUT2D eigenvalue weighted by Crippen LogP contribution is -2.46. The lowest BCUT2D eigenvalue weighted by atomic mass is 10.0. The fourth-order valence-corrected chi connectivity index (χ4v) is 2.22. The van der Waals surface area contributed by atoms with Crippen molar-refractivity contribution in [1.82, 2.24) is 5.32 Å². The van der Waals surface area contributed by atoms with Crippen molar-refractivity contribution < 1.29 is 18.4 Å². The van der Waals surface area contributed by atoms with Crippen LogP contribution in [0.5, 0.6) is 0 Å². The van der Waals surface area contributed by atoms with Gasteiger partial charge >= 0.3 is 0 Å². The fraction of sp³-hybridized carbons (Fsp3) is 0.176. The van der Waals surface area contributed by atoms with Crippen molar-refractivity contribution >= 4 is 11.8 Å². The van der Waals surface area contributed by atoms with Gasteiger partial charge in [0.25, 0.3) is 0 Å². The van der Waals surface area contributed by atoms with Crippen LogP contribution in [0.15, 0.2) is 48.5 Å². The van der Waals surface area contributed by atoms with Crippen LogP contribution in [-0.2, 0) is 22.4 Å². The third-order valence-corrected chi connectivity index (χ3v) is 3.25. The van der Waals surface area contributed by atoms with Gasteiger partial charge in [-0.15, -0.1) is 0 Å². The summed E-state index contributed by atoms with van der Waals surface area (Å²) < 4.78 is 26.2. The molecule has 0 saturated carbocycles. The van der Waals surface area contributed by atoms with E-state index in [9.17, 15) is 18.4 Å². The van der Waals surface area contributed by atoms with Crippen molar-refractivity contribution in [2.24, 2.45) is 5.73 Å². The molecule has 2 amide bonds. The van der Waals surface area contributed by atoms with Crippen LogP contribution >= 0.6 is 0 Å². The van der Waals surface area contributed by atoms with Gasteiger partial charge in [-0.25, -0.2) is 8.78 Å². The highest BCUT2D eigenvalue weighted by Gasteiger charge is 2.19. The largest absolute Gasteiger partial charge is 0.368 e. The van der Waals surface area contributed by atoms with E-state index in [1.807, 2.05) is 30.3 Å². The molecule has 0 saturated heterocycles. The zero-order valence-corrected chi connectivity index (χ0v) is 12.3. The normalized spacial score (nSPS) is 11.7. The van der Waals surface area contributed by atoms with Crippen molar-refractivity contribution in [2.45, 2.75) is 18.9 Å². The Morgan fingerprint density at radius 1 is 1.00 bits per heavy atom. The van der Waals surface area contributed by atoms with E-state index in [0.717, 1.165) is 23.8 Å². The van der Waals surface area contributed by atoms with Crippen LogP contribution in [0.2, 0.25) is 0 Å². The Labute approximate surface area is 132 Å². The van der Waals surface area contributed by atoms with Crippen molar-refractivity contribution in [2.75, 3.05) is 0 Å². The number of nitrogens with one attached hydrogen (secondary N) is 1. The number of nitrogens with two attached hydrogens (primary N) is 1. The van der Waals surface area contributed by atoms with Crippen molar-refractivity contribution in [1.29, 1.82) is 0 Å². The van der Waals surface area contributed by atoms with E-state index in [4.69, 9.17) is 5.73 Å². The molecule has 3 N–H and O–H groups in total. The first-order valence-corrected chi connectivity index (χ1v) is 7.01. The lowest BCUT2D eigenvalue weighted by Gasteiger charge is -2.15. The highest BCUT2D eigenvalue weighted by Crippen LogP contribution is 2.09. The molecular weight excluding hydrogens is 302 g/mol. The molecule has 120 valence electrons. The molecule has 0 aromatic heterocycles. The summed E-state index contributed by atoms with van der Waals surface area (Å²) >= 11 is 0. The molecule has 2 rings (SSSR count). The number of carbonyl (C=O) groups is 2. The molecule has 0 bridgehead atoms. The SMILES string of the molecule is NC(=O)[C@H](Cc1ccccc1)NC(=O)Cc1cc(F)cc(F)c1. The second-order valence-electron chi connectivity index (χ2n) is 5.17. The standard InChI is InChI=1S/C17H16F2N2O2/c18-13-6-12(7-14(19)10-13)9-16(22)21-15(17(20)23)8-11-4-2-1-3-5-11/h1-7,10,15H,8-9H2,(H2,20,23)(H,21,22)/t15-/m0/s1. The van der Waals surface area contributed by atoms with Gasteiger partial charge in [-0.2, -0.15) is 0 Å². The summed E-state index contributed by atoms with van der Waals surface area (Å²) in [5, 5.41) is 2.49. The third-order valence-electron chi connectivity index (χ3n) is 3.25. The van der Waals surface area contributed by atoms with Gasteiger partial charge in [-0.3, -0.25) is 9.59 Å². The number of rotatable bonds is 6. The van der Waals surface area contributed by atoms with Crippen LogP contribution in [0.1, 0.15) is 11.1 Å². The van der Waals surface area contributed by atoms with Crippen LogP contribution in [0.4, 0.5) is 8.78 Å². The maximum absolute atomic E-state index is 13.1. The highest BCUT2D eigenvalue weighted by atomic mass is 19.1. The summed E-state index contributed by atoms with van der Waals surface area (Å²) in [6.07, 6.45) is 0.00662. The predicted molar refractivity (Wildman–Crippen MR) is 81.3 cm³/mol. The van der Waals surface area contributed by atoms with Gasteiger partial charge in [-0.1, -0.05) is 30.3 Å². The first kappa shape index (κ1) is 16.6. The molecule has 23 heavy (non-hydrogen) atoms. The van der Waals surface area contributed by atoms with Gasteiger partial charge in [-0.05, 0) is 23.3 Å². The van der Waals surface area contributed by atoms with Gasteiger partial charge in [0, 0.05) is 12.5 Å². The number of hydrogen-bond donors (Lipinski definition) is 2. The van der Waals surface area contributed by atoms with Crippen LogP contribution in [0.25, 0.3) is 0 Å². The molecule has 1 atom stereocenters. The van der Waals surface area contributed by atoms with Crippen LogP contribution < -0.4 is 11.1 Å². The molecule has 0 fully saturated rings. The Kier molecular flexibility index (Phi) is 5.41. The molecule has 0 aliphatic carbocycles. The molecule has 2 aromatic rings. The number of amides is 2. The molecule has 0 aliphatic heterocycles. The van der Waals surface area contributed by atoms with Crippen molar-refractivity contribution in [3.63, 3.8) is 0 Å². The van der Waals surface area contributed by atoms with Gasteiger partial charge in [0.2, 0.25) is 11.8 Å². The molecular formula is C17H16F2N2O2. The van der Waals surface area contributed by atoms with Gasteiger partial charge in [0.15, 0.2) is 0 Å². The van der Waals surface area contributed by atoms with Crippen molar-refractivity contribution in [3.05, 3.63) is 71.3 Å². The zero-order chi connectivity index (χ0) is 16.8. The summed E-state index contributed by atoms with van der Waals surface area (Å²) in [6, 6.07) is 11.0. The van der Waals surface area contributed by atoms with Crippen LogP contribution in [0, 0.1) is 11.6 Å². The highest BCUT2D eigenvalue weighted by molar-refractivity contribution is 5.87. The first-order valence-electron chi connectivity index (χ1n) is 7.01. The smallest absolute Gasteiger partial charge is 0.240 e. The summed E-state index contributed by atoms with van der Waals surface area (Å²) in [4.78, 5) is 23.5. The Hall–Kier alpha value is -2.76. The Balaban J connectivity index is 2.02. The van der Waals surface area contributed by atoms with Gasteiger partial charge < -0.3 is 11.1 Å². The topological polar surface area (TPSA) is 72.2 Å². The molecule has 4 nitrogen and oxygen atoms in total. The average Bonchev–Trinajstić information content (AvgIpc) is 2.46. The Bertz CT molecular complexity index is 685. The first-order chi connectivity index (χ1) is 10.9. The monoisotopic (exact) mass is 318 g/mol. The second-order valence-corrected chi connectivity index (χ2v) is 5.17. The Morgan fingerprint density at radius 2 is 1.61 bits per heavy atom. The predicted octanol–water partition coefficient (Wildman–Crippen LogP) is 1.72. The van der Waals surface area contributed by atoms with E-state index in [1.54, 1.807) is 0 Å². The summed E-state index contributed by atoms with van der Waals surface area (Å²) in [7, 11) is 0. The van der Waals surface area contributed by atoms with E-state index in [2.05, 4.69) is 5.32 Å². The molecule has 0 heterocycles. The summed E-state index contributed by atoms with van der Waals surface area (Å²) in [6.45, 7) is 0. The minimum atomic E-state index is -0.886. The van der Waals surface area contributed by atoms with Crippen LogP contribution in [0.3, 0.4) is 0 Å². The molecule has 0 spiro atoms. The minimum absolute atomic E-state index is 0.183. The van der Waals surface area contributed by atoms with E-state index in [-0.39, 0.29) is 18.4 Å². The quantitative estimate of drug-likeness (QED) is 0.851. The lowest BCUT2D eigenvalue weighted by molar-refractivity contribution is -0.127. The summed E-state index contributed by atoms with van der Waals surface area (Å²) in [5.74, 6) is -2.73. The molecule has 2 aromatic carbocycles. The molecule has 0 aliphatic rings. The Morgan fingerprint density at radius 3 is 2.17 bits per heavy atom. The van der Waals surface area contributed by atoms with E-state index in [0.29, 0.717) is 0 Å². The van der Waals surface area contributed by atoms with E-state index in [1.165, 1.54) is 0 Å². The maximum atomic E-state index is 13.1. The average molecular weight is 318 g/mol. The molecule has 0 radical (unpaired) electrons. The maximum Gasteiger partial charge on any atom is 0.240 e. The van der Waals surface area contributed by atoms with Gasteiger partial charge in [0.1, 0.15) is 17.7 Å². The number of primary amides is 1. The van der Waals surface area contributed by atoms with E-state index >= 15 is 0 Å². The molecule has 6 heteroatoms. The van der Waals surface area contributed by atoms with Gasteiger partial charge in [0.05, 0.1) is 6.42 Å². The zero-order valence-electron chi connectivity index (χ0n) is 12.3. The minimum Gasteiger partial charge on any atom is -0.368 e. The third kappa shape index (κ3) is 5.18. The number of hydrogen-bond acceptors (Lipinski definition) is 2. The number of benzene rings is 2. The summed E-state index contributed by atoms with van der Waals surface area (Å²) in [5.41, 5.74) is 6.33. The number of carbonyl (C=O) groups excluding carboxylic acids is 2. The molecule has 0 unspecified atom stereocenters. The number of halogens is 2. The fourth-order valence-electron chi connectivity index (χ4n) is 2.22.